The summed E-state index contributed by atoms with van der Waals surface area (Å²) in [4.78, 5) is 12.6. The molecule has 5 heteroatoms. The van der Waals surface area contributed by atoms with Gasteiger partial charge in [-0.25, -0.2) is 0 Å². The summed E-state index contributed by atoms with van der Waals surface area (Å²) in [6.45, 7) is 0.710. The van der Waals surface area contributed by atoms with Crippen LogP contribution in [0.5, 0.6) is 17.2 Å². The van der Waals surface area contributed by atoms with Crippen molar-refractivity contribution in [3.63, 3.8) is 0 Å². The number of carbonyl (C=O) groups is 1. The maximum atomic E-state index is 12.6. The lowest BCUT2D eigenvalue weighted by Crippen LogP contribution is -2.36. The smallest absolute Gasteiger partial charge is 0.191 e. The van der Waals surface area contributed by atoms with Gasteiger partial charge in [0.25, 0.3) is 0 Å². The van der Waals surface area contributed by atoms with Crippen LogP contribution in [-0.4, -0.2) is 24.5 Å². The molecule has 0 aromatic heterocycles. The van der Waals surface area contributed by atoms with E-state index in [4.69, 9.17) is 19.9 Å². The van der Waals surface area contributed by atoms with Crippen LogP contribution in [0.3, 0.4) is 0 Å². The first-order valence-corrected chi connectivity index (χ1v) is 10.7. The van der Waals surface area contributed by atoms with E-state index in [1.54, 1.807) is 6.07 Å². The van der Waals surface area contributed by atoms with Crippen LogP contribution in [0.1, 0.15) is 37.7 Å². The summed E-state index contributed by atoms with van der Waals surface area (Å²) in [5.74, 6) is 2.44. The SMILES string of the molecule is NC1CCC(/C=C/CC(=O)C2COc3ccc(OCc4ccccc4)cc3O2)CC1. The van der Waals surface area contributed by atoms with Gasteiger partial charge < -0.3 is 19.9 Å². The number of benzene rings is 2. The first-order valence-electron chi connectivity index (χ1n) is 10.7. The fraction of sp³-hybridized carbons (Fsp3) is 0.400. The number of ether oxygens (including phenoxy) is 3. The van der Waals surface area contributed by atoms with Crippen LogP contribution in [0.25, 0.3) is 0 Å². The third kappa shape index (κ3) is 5.42. The molecule has 1 atom stereocenters. The molecule has 2 aliphatic rings. The normalized spacial score (nSPS) is 23.3. The fourth-order valence-corrected chi connectivity index (χ4v) is 3.89. The first-order chi connectivity index (χ1) is 14.7. The van der Waals surface area contributed by atoms with Crippen molar-refractivity contribution in [1.29, 1.82) is 0 Å². The Labute approximate surface area is 177 Å². The summed E-state index contributed by atoms with van der Waals surface area (Å²) in [6.07, 6.45) is 8.24. The van der Waals surface area contributed by atoms with Gasteiger partial charge in [-0.2, -0.15) is 0 Å². The Hall–Kier alpha value is -2.79. The molecule has 5 nitrogen and oxygen atoms in total. The average Bonchev–Trinajstić information content (AvgIpc) is 2.79. The van der Waals surface area contributed by atoms with Crippen LogP contribution >= 0.6 is 0 Å². The number of hydrogen-bond acceptors (Lipinski definition) is 5. The number of carbonyl (C=O) groups excluding carboxylic acids is 1. The van der Waals surface area contributed by atoms with E-state index in [9.17, 15) is 4.79 Å². The van der Waals surface area contributed by atoms with Crippen LogP contribution in [0, 0.1) is 5.92 Å². The van der Waals surface area contributed by atoms with E-state index in [0.29, 0.717) is 42.2 Å². The van der Waals surface area contributed by atoms with Crippen molar-refractivity contribution in [2.45, 2.75) is 50.9 Å². The van der Waals surface area contributed by atoms with Crippen molar-refractivity contribution in [3.05, 3.63) is 66.2 Å². The highest BCUT2D eigenvalue weighted by molar-refractivity contribution is 5.85. The van der Waals surface area contributed by atoms with Gasteiger partial charge >= 0.3 is 0 Å². The molecule has 1 heterocycles. The van der Waals surface area contributed by atoms with Crippen LogP contribution in [0.2, 0.25) is 0 Å². The zero-order chi connectivity index (χ0) is 20.8. The van der Waals surface area contributed by atoms with Crippen molar-refractivity contribution in [2.24, 2.45) is 11.7 Å². The molecule has 30 heavy (non-hydrogen) atoms. The third-order valence-electron chi connectivity index (χ3n) is 5.73. The maximum Gasteiger partial charge on any atom is 0.191 e. The topological polar surface area (TPSA) is 70.8 Å². The van der Waals surface area contributed by atoms with Gasteiger partial charge in [-0.1, -0.05) is 42.5 Å². The van der Waals surface area contributed by atoms with Crippen LogP contribution in [0.15, 0.2) is 60.7 Å². The minimum atomic E-state index is -0.591. The van der Waals surface area contributed by atoms with E-state index in [-0.39, 0.29) is 12.4 Å². The van der Waals surface area contributed by atoms with E-state index in [1.165, 1.54) is 0 Å². The Bertz CT molecular complexity index is 872. The second-order valence-corrected chi connectivity index (χ2v) is 8.07. The molecule has 0 spiro atoms. The lowest BCUT2D eigenvalue weighted by Gasteiger charge is -2.26. The Balaban J connectivity index is 1.30. The lowest BCUT2D eigenvalue weighted by atomic mass is 9.86. The molecule has 0 saturated heterocycles. The third-order valence-corrected chi connectivity index (χ3v) is 5.73. The Morgan fingerprint density at radius 2 is 1.87 bits per heavy atom. The van der Waals surface area contributed by atoms with Gasteiger partial charge in [0, 0.05) is 18.5 Å². The van der Waals surface area contributed by atoms with Crippen molar-refractivity contribution in [1.82, 2.24) is 0 Å². The molecule has 158 valence electrons. The van der Waals surface area contributed by atoms with Gasteiger partial charge in [0.05, 0.1) is 0 Å². The van der Waals surface area contributed by atoms with Crippen molar-refractivity contribution in [3.8, 4) is 17.2 Å². The maximum absolute atomic E-state index is 12.6. The molecule has 2 aromatic carbocycles. The number of hydrogen-bond donors (Lipinski definition) is 1. The Morgan fingerprint density at radius 3 is 2.67 bits per heavy atom. The molecular weight excluding hydrogens is 378 g/mol. The van der Waals surface area contributed by atoms with Gasteiger partial charge in [-0.15, -0.1) is 0 Å². The second-order valence-electron chi connectivity index (χ2n) is 8.07. The summed E-state index contributed by atoms with van der Waals surface area (Å²) >= 11 is 0. The number of fused-ring (bicyclic) bond motifs is 1. The standard InChI is InChI=1S/C25H29NO4/c26-20-11-9-18(10-12-20)7-4-8-22(27)25-17-29-23-14-13-21(15-24(23)30-25)28-16-19-5-2-1-3-6-19/h1-7,13-15,18,20,25H,8-12,16-17,26H2/b7-4+. The molecule has 1 fully saturated rings. The number of rotatable bonds is 7. The molecule has 2 N–H and O–H groups in total. The van der Waals surface area contributed by atoms with E-state index < -0.39 is 6.10 Å². The predicted molar refractivity (Wildman–Crippen MR) is 116 cm³/mol. The van der Waals surface area contributed by atoms with Gasteiger partial charge in [0.15, 0.2) is 23.4 Å². The van der Waals surface area contributed by atoms with E-state index in [2.05, 4.69) is 6.08 Å². The predicted octanol–water partition coefficient (Wildman–Crippen LogP) is 4.44. The molecule has 0 amide bonds. The summed E-state index contributed by atoms with van der Waals surface area (Å²) in [5.41, 5.74) is 7.04. The number of ketones is 1. The van der Waals surface area contributed by atoms with E-state index >= 15 is 0 Å². The van der Waals surface area contributed by atoms with Crippen LogP contribution < -0.4 is 19.9 Å². The number of Topliss-reactive ketones (excluding diaryl/α,β-unsaturated/α-hetero) is 1. The molecule has 0 radical (unpaired) electrons. The molecule has 1 unspecified atom stereocenters. The van der Waals surface area contributed by atoms with Gasteiger partial charge in [-0.3, -0.25) is 4.79 Å². The van der Waals surface area contributed by atoms with Gasteiger partial charge in [0.2, 0.25) is 0 Å². The number of allylic oxidation sites excluding steroid dienone is 2. The summed E-state index contributed by atoms with van der Waals surface area (Å²) in [6, 6.07) is 15.8. The lowest BCUT2D eigenvalue weighted by molar-refractivity contribution is -0.127. The highest BCUT2D eigenvalue weighted by atomic mass is 16.6. The molecule has 4 rings (SSSR count). The molecule has 1 aliphatic carbocycles. The number of nitrogens with two attached hydrogens (primary N) is 1. The summed E-state index contributed by atoms with van der Waals surface area (Å²) in [5, 5.41) is 0. The van der Waals surface area contributed by atoms with Crippen molar-refractivity contribution < 1.29 is 19.0 Å². The minimum absolute atomic E-state index is 0.0278. The molecule has 0 bridgehead atoms. The zero-order valence-corrected chi connectivity index (χ0v) is 17.2. The quantitative estimate of drug-likeness (QED) is 0.687. The molecule has 1 saturated carbocycles. The Morgan fingerprint density at radius 1 is 1.07 bits per heavy atom. The molecule has 1 aliphatic heterocycles. The average molecular weight is 408 g/mol. The van der Waals surface area contributed by atoms with Crippen molar-refractivity contribution in [2.75, 3.05) is 6.61 Å². The van der Waals surface area contributed by atoms with Crippen LogP contribution in [0.4, 0.5) is 0 Å². The fourth-order valence-electron chi connectivity index (χ4n) is 3.89. The molecule has 2 aromatic rings. The minimum Gasteiger partial charge on any atom is -0.489 e. The van der Waals surface area contributed by atoms with E-state index in [0.717, 1.165) is 31.2 Å². The van der Waals surface area contributed by atoms with Gasteiger partial charge in [0.1, 0.15) is 19.0 Å². The first kappa shape index (κ1) is 20.5. The summed E-state index contributed by atoms with van der Waals surface area (Å²) in [7, 11) is 0. The molecular formula is C25H29NO4. The van der Waals surface area contributed by atoms with Crippen molar-refractivity contribution >= 4 is 5.78 Å². The monoisotopic (exact) mass is 407 g/mol. The second kappa shape index (κ2) is 9.81. The van der Waals surface area contributed by atoms with E-state index in [1.807, 2.05) is 48.5 Å². The zero-order valence-electron chi connectivity index (χ0n) is 17.2. The largest absolute Gasteiger partial charge is 0.489 e. The highest BCUT2D eigenvalue weighted by Gasteiger charge is 2.27. The Kier molecular flexibility index (Phi) is 6.70. The highest BCUT2D eigenvalue weighted by Crippen LogP contribution is 2.35. The van der Waals surface area contributed by atoms with Crippen LogP contribution in [-0.2, 0) is 11.4 Å². The van der Waals surface area contributed by atoms with Gasteiger partial charge in [-0.05, 0) is 49.3 Å². The summed E-state index contributed by atoms with van der Waals surface area (Å²) < 4.78 is 17.5.